The second kappa shape index (κ2) is 8.76. The van der Waals surface area contributed by atoms with Gasteiger partial charge in [0.15, 0.2) is 0 Å². The molecule has 0 heterocycles. The Morgan fingerprint density at radius 2 is 1.85 bits per heavy atom. The summed E-state index contributed by atoms with van der Waals surface area (Å²) in [7, 11) is 1.31. The summed E-state index contributed by atoms with van der Waals surface area (Å²) in [6, 6.07) is 12.0. The number of esters is 1. The maximum absolute atomic E-state index is 12.8. The number of methoxy groups -OCH3 is 1. The zero-order valence-corrected chi connectivity index (χ0v) is 17.9. The van der Waals surface area contributed by atoms with Crippen LogP contribution in [0.3, 0.4) is 0 Å². The highest BCUT2D eigenvalue weighted by atomic mass is 79.9. The lowest BCUT2D eigenvalue weighted by atomic mass is 10.1. The van der Waals surface area contributed by atoms with Crippen LogP contribution in [0.5, 0.6) is 0 Å². The van der Waals surface area contributed by atoms with Crippen LogP contribution in [0.25, 0.3) is 0 Å². The average molecular weight is 455 g/mol. The summed E-state index contributed by atoms with van der Waals surface area (Å²) >= 11 is 9.48. The van der Waals surface area contributed by atoms with E-state index in [4.69, 9.17) is 21.1 Å². The van der Waals surface area contributed by atoms with Crippen LogP contribution in [-0.2, 0) is 16.0 Å². The molecule has 0 bridgehead atoms. The molecule has 27 heavy (non-hydrogen) atoms. The Bertz CT molecular complexity index is 848. The van der Waals surface area contributed by atoms with Crippen molar-refractivity contribution >= 4 is 45.3 Å². The van der Waals surface area contributed by atoms with Crippen LogP contribution in [0.4, 0.5) is 10.5 Å². The van der Waals surface area contributed by atoms with Crippen LogP contribution >= 0.6 is 27.5 Å². The summed E-state index contributed by atoms with van der Waals surface area (Å²) in [6.07, 6.45) is -0.522. The Labute approximate surface area is 172 Å². The van der Waals surface area contributed by atoms with Gasteiger partial charge in [0.2, 0.25) is 0 Å². The molecule has 0 aliphatic carbocycles. The molecule has 0 spiro atoms. The van der Waals surface area contributed by atoms with Crippen LogP contribution in [-0.4, -0.2) is 24.8 Å². The minimum Gasteiger partial charge on any atom is -0.465 e. The van der Waals surface area contributed by atoms with Gasteiger partial charge in [0, 0.05) is 15.2 Å². The van der Waals surface area contributed by atoms with E-state index in [1.165, 1.54) is 12.0 Å². The number of amides is 1. The quantitative estimate of drug-likeness (QED) is 0.545. The predicted molar refractivity (Wildman–Crippen MR) is 109 cm³/mol. The molecule has 5 nitrogen and oxygen atoms in total. The first-order chi connectivity index (χ1) is 12.6. The van der Waals surface area contributed by atoms with E-state index in [-0.39, 0.29) is 6.54 Å². The predicted octanol–water partition coefficient (Wildman–Crippen LogP) is 5.83. The first-order valence-corrected chi connectivity index (χ1v) is 9.40. The normalized spacial score (nSPS) is 11.0. The van der Waals surface area contributed by atoms with E-state index < -0.39 is 17.7 Å². The fourth-order valence-corrected chi connectivity index (χ4v) is 3.13. The number of nitrogens with zero attached hydrogens (tertiary/aromatic N) is 1. The second-order valence-corrected chi connectivity index (χ2v) is 8.13. The minimum atomic E-state index is -0.660. The fraction of sp³-hybridized carbons (Fsp3) is 0.300. The lowest BCUT2D eigenvalue weighted by Crippen LogP contribution is -2.36. The molecule has 0 unspecified atom stereocenters. The first-order valence-electron chi connectivity index (χ1n) is 8.23. The smallest absolute Gasteiger partial charge is 0.415 e. The molecule has 0 saturated heterocycles. The number of hydrogen-bond acceptors (Lipinski definition) is 4. The van der Waals surface area contributed by atoms with E-state index in [1.54, 1.807) is 57.2 Å². The number of benzene rings is 2. The summed E-state index contributed by atoms with van der Waals surface area (Å²) < 4.78 is 11.1. The number of carbonyl (C=O) groups excluding carboxylic acids is 2. The summed E-state index contributed by atoms with van der Waals surface area (Å²) in [4.78, 5) is 26.2. The first kappa shape index (κ1) is 21.3. The maximum atomic E-state index is 12.8. The molecule has 144 valence electrons. The van der Waals surface area contributed by atoms with E-state index in [9.17, 15) is 9.59 Å². The molecule has 0 aromatic heterocycles. The van der Waals surface area contributed by atoms with Gasteiger partial charge in [-0.15, -0.1) is 0 Å². The van der Waals surface area contributed by atoms with Crippen molar-refractivity contribution in [1.29, 1.82) is 0 Å². The summed E-state index contributed by atoms with van der Waals surface area (Å²) in [6.45, 7) is 5.63. The third kappa shape index (κ3) is 5.97. The molecule has 7 heteroatoms. The molecule has 1 amide bonds. The van der Waals surface area contributed by atoms with Crippen molar-refractivity contribution < 1.29 is 19.1 Å². The molecule has 0 aliphatic heterocycles. The number of halogens is 2. The second-order valence-electron chi connectivity index (χ2n) is 6.84. The highest BCUT2D eigenvalue weighted by Crippen LogP contribution is 2.27. The number of hydrogen-bond donors (Lipinski definition) is 0. The van der Waals surface area contributed by atoms with E-state index in [0.29, 0.717) is 16.3 Å². The molecule has 0 saturated carbocycles. The highest BCUT2D eigenvalue weighted by Gasteiger charge is 2.25. The number of rotatable bonds is 4. The van der Waals surface area contributed by atoms with Gasteiger partial charge >= 0.3 is 12.1 Å². The van der Waals surface area contributed by atoms with Gasteiger partial charge in [0.05, 0.1) is 19.2 Å². The van der Waals surface area contributed by atoms with Gasteiger partial charge in [-0.05, 0) is 56.7 Å². The van der Waals surface area contributed by atoms with Crippen molar-refractivity contribution in [3.05, 3.63) is 63.1 Å². The SMILES string of the molecule is COC(=O)c1cccc(N(Cc2ccc(Cl)cc2Br)C(=O)OC(C)(C)C)c1. The number of anilines is 1. The lowest BCUT2D eigenvalue weighted by Gasteiger charge is -2.28. The van der Waals surface area contributed by atoms with Crippen LogP contribution in [0.2, 0.25) is 5.02 Å². The molecule has 0 aliphatic rings. The average Bonchev–Trinajstić information content (AvgIpc) is 2.59. The van der Waals surface area contributed by atoms with Crippen molar-refractivity contribution in [2.75, 3.05) is 12.0 Å². The van der Waals surface area contributed by atoms with E-state index >= 15 is 0 Å². The van der Waals surface area contributed by atoms with Crippen molar-refractivity contribution in [1.82, 2.24) is 0 Å². The Morgan fingerprint density at radius 3 is 2.44 bits per heavy atom. The zero-order chi connectivity index (χ0) is 20.2. The van der Waals surface area contributed by atoms with Gasteiger partial charge in [-0.25, -0.2) is 9.59 Å². The molecular formula is C20H21BrClNO4. The van der Waals surface area contributed by atoms with Crippen LogP contribution in [0.15, 0.2) is 46.9 Å². The molecule has 0 N–H and O–H groups in total. The van der Waals surface area contributed by atoms with Gasteiger partial charge < -0.3 is 9.47 Å². The van der Waals surface area contributed by atoms with Gasteiger partial charge in [-0.2, -0.15) is 0 Å². The number of carbonyl (C=O) groups is 2. The molecule has 2 aromatic rings. The topological polar surface area (TPSA) is 55.8 Å². The van der Waals surface area contributed by atoms with Crippen molar-refractivity contribution in [3.8, 4) is 0 Å². The van der Waals surface area contributed by atoms with Crippen LogP contribution < -0.4 is 4.90 Å². The largest absolute Gasteiger partial charge is 0.465 e. The Balaban J connectivity index is 2.43. The Hall–Kier alpha value is -2.05. The number of ether oxygens (including phenoxy) is 2. The van der Waals surface area contributed by atoms with Crippen molar-refractivity contribution in [2.24, 2.45) is 0 Å². The zero-order valence-electron chi connectivity index (χ0n) is 15.6. The highest BCUT2D eigenvalue weighted by molar-refractivity contribution is 9.10. The molecular weight excluding hydrogens is 434 g/mol. The summed E-state index contributed by atoms with van der Waals surface area (Å²) in [5, 5.41) is 0.585. The van der Waals surface area contributed by atoms with Crippen LogP contribution in [0.1, 0.15) is 36.7 Å². The Morgan fingerprint density at radius 1 is 1.15 bits per heavy atom. The monoisotopic (exact) mass is 453 g/mol. The van der Waals surface area contributed by atoms with Gasteiger partial charge in [0.25, 0.3) is 0 Å². The van der Waals surface area contributed by atoms with E-state index in [1.807, 2.05) is 6.07 Å². The van der Waals surface area contributed by atoms with Crippen molar-refractivity contribution in [3.63, 3.8) is 0 Å². The maximum Gasteiger partial charge on any atom is 0.415 e. The summed E-state index contributed by atoms with van der Waals surface area (Å²) in [5.41, 5.74) is 1.05. The van der Waals surface area contributed by atoms with Crippen LogP contribution in [0, 0.1) is 0 Å². The molecule has 0 atom stereocenters. The van der Waals surface area contributed by atoms with Crippen molar-refractivity contribution in [2.45, 2.75) is 32.9 Å². The molecule has 2 aromatic carbocycles. The van der Waals surface area contributed by atoms with Gasteiger partial charge in [-0.3, -0.25) is 4.90 Å². The Kier molecular flexibility index (Phi) is 6.89. The molecule has 0 radical (unpaired) electrons. The molecule has 2 rings (SSSR count). The minimum absolute atomic E-state index is 0.233. The summed E-state index contributed by atoms with van der Waals surface area (Å²) in [5.74, 6) is -0.478. The van der Waals surface area contributed by atoms with Gasteiger partial charge in [0.1, 0.15) is 5.60 Å². The van der Waals surface area contributed by atoms with Gasteiger partial charge in [-0.1, -0.05) is 39.7 Å². The third-order valence-electron chi connectivity index (χ3n) is 3.54. The lowest BCUT2D eigenvalue weighted by molar-refractivity contribution is 0.0570. The fourth-order valence-electron chi connectivity index (χ4n) is 2.32. The van der Waals surface area contributed by atoms with E-state index in [0.717, 1.165) is 10.0 Å². The van der Waals surface area contributed by atoms with E-state index in [2.05, 4.69) is 15.9 Å². The standard InChI is InChI=1S/C20H21BrClNO4/c1-20(2,3)27-19(25)23(12-14-8-9-15(22)11-17(14)21)16-7-5-6-13(10-16)18(24)26-4/h5-11H,12H2,1-4H3. The molecule has 0 fully saturated rings. The third-order valence-corrected chi connectivity index (χ3v) is 4.51.